The average molecular weight is 371 g/mol. The molecule has 0 spiro atoms. The van der Waals surface area contributed by atoms with Crippen LogP contribution in [0, 0.1) is 13.8 Å². The Morgan fingerprint density at radius 3 is 2.32 bits per heavy atom. The minimum absolute atomic E-state index is 0.182. The van der Waals surface area contributed by atoms with Crippen LogP contribution in [-0.2, 0) is 0 Å². The Kier molecular flexibility index (Phi) is 5.97. The molecule has 0 fully saturated rings. The lowest BCUT2D eigenvalue weighted by atomic mass is 10.1. The van der Waals surface area contributed by atoms with Crippen molar-refractivity contribution in [2.24, 2.45) is 5.10 Å². The van der Waals surface area contributed by atoms with Crippen molar-refractivity contribution >= 4 is 23.7 Å². The second kappa shape index (κ2) is 8.77. The third kappa shape index (κ3) is 4.92. The molecular formula is C23H21N3O2. The van der Waals surface area contributed by atoms with Crippen LogP contribution in [0.25, 0.3) is 0 Å². The van der Waals surface area contributed by atoms with Crippen molar-refractivity contribution in [3.63, 3.8) is 0 Å². The number of carbonyl (C=O) groups excluding carboxylic acids is 2. The van der Waals surface area contributed by atoms with Gasteiger partial charge in [0.2, 0.25) is 0 Å². The number of benzene rings is 3. The van der Waals surface area contributed by atoms with E-state index in [0.29, 0.717) is 16.8 Å². The molecule has 0 aromatic heterocycles. The summed E-state index contributed by atoms with van der Waals surface area (Å²) in [6.07, 6.45) is 1.60. The molecule has 2 N–H and O–H groups in total. The predicted octanol–water partition coefficient (Wildman–Crippen LogP) is 4.32. The summed E-state index contributed by atoms with van der Waals surface area (Å²) in [4.78, 5) is 24.5. The lowest BCUT2D eigenvalue weighted by Gasteiger charge is -2.08. The number of carbonyl (C=O) groups is 2. The Morgan fingerprint density at radius 2 is 1.61 bits per heavy atom. The number of amides is 2. The number of nitrogens with one attached hydrogen (secondary N) is 2. The molecule has 5 heteroatoms. The quantitative estimate of drug-likeness (QED) is 0.518. The number of nitrogens with zero attached hydrogens (tertiary/aromatic N) is 1. The zero-order chi connectivity index (χ0) is 19.9. The molecule has 0 radical (unpaired) electrons. The van der Waals surface area contributed by atoms with E-state index in [-0.39, 0.29) is 11.8 Å². The van der Waals surface area contributed by atoms with Gasteiger partial charge in [-0.25, -0.2) is 5.43 Å². The van der Waals surface area contributed by atoms with E-state index in [2.05, 4.69) is 15.8 Å². The molecule has 0 atom stereocenters. The molecule has 3 rings (SSSR count). The van der Waals surface area contributed by atoms with Gasteiger partial charge < -0.3 is 5.32 Å². The van der Waals surface area contributed by atoms with Crippen LogP contribution in [0.4, 0.5) is 5.69 Å². The SMILES string of the molecule is Cc1cccc(C=NNC(=O)c2ccc(NC(=O)c3ccccc3C)cc2)c1. The molecule has 3 aromatic rings. The summed E-state index contributed by atoms with van der Waals surface area (Å²) >= 11 is 0. The lowest BCUT2D eigenvalue weighted by molar-refractivity contribution is 0.0954. The molecule has 2 amide bonds. The Bertz CT molecular complexity index is 1020. The molecule has 0 unspecified atom stereocenters. The largest absolute Gasteiger partial charge is 0.322 e. The lowest BCUT2D eigenvalue weighted by Crippen LogP contribution is -2.18. The van der Waals surface area contributed by atoms with Gasteiger partial charge in [0.15, 0.2) is 0 Å². The molecule has 3 aromatic carbocycles. The van der Waals surface area contributed by atoms with Gasteiger partial charge in [0.25, 0.3) is 11.8 Å². The Hall–Kier alpha value is -3.73. The van der Waals surface area contributed by atoms with E-state index in [0.717, 1.165) is 16.7 Å². The van der Waals surface area contributed by atoms with Crippen LogP contribution >= 0.6 is 0 Å². The summed E-state index contributed by atoms with van der Waals surface area (Å²) < 4.78 is 0. The summed E-state index contributed by atoms with van der Waals surface area (Å²) in [6, 6.07) is 21.9. The molecule has 28 heavy (non-hydrogen) atoms. The average Bonchev–Trinajstić information content (AvgIpc) is 2.69. The summed E-state index contributed by atoms with van der Waals surface area (Å²) in [5.41, 5.74) is 7.14. The van der Waals surface area contributed by atoms with Crippen molar-refractivity contribution in [2.75, 3.05) is 5.32 Å². The maximum Gasteiger partial charge on any atom is 0.271 e. The topological polar surface area (TPSA) is 70.6 Å². The van der Waals surface area contributed by atoms with E-state index in [1.807, 2.05) is 56.3 Å². The minimum Gasteiger partial charge on any atom is -0.322 e. The maximum absolute atomic E-state index is 12.3. The van der Waals surface area contributed by atoms with Crippen LogP contribution in [0.1, 0.15) is 37.4 Å². The van der Waals surface area contributed by atoms with Gasteiger partial charge in [-0.2, -0.15) is 5.10 Å². The zero-order valence-electron chi connectivity index (χ0n) is 15.8. The third-order valence-electron chi connectivity index (χ3n) is 4.22. The molecule has 0 saturated carbocycles. The van der Waals surface area contributed by atoms with Crippen molar-refractivity contribution in [3.8, 4) is 0 Å². The van der Waals surface area contributed by atoms with Crippen molar-refractivity contribution in [3.05, 3.63) is 101 Å². The van der Waals surface area contributed by atoms with Crippen LogP contribution in [0.15, 0.2) is 77.9 Å². The van der Waals surface area contributed by atoms with Gasteiger partial charge in [0.1, 0.15) is 0 Å². The van der Waals surface area contributed by atoms with Gasteiger partial charge in [-0.1, -0.05) is 48.0 Å². The molecule has 0 saturated heterocycles. The smallest absolute Gasteiger partial charge is 0.271 e. The summed E-state index contributed by atoms with van der Waals surface area (Å²) in [6.45, 7) is 3.88. The third-order valence-corrected chi connectivity index (χ3v) is 4.22. The Labute approximate surface area is 164 Å². The first-order valence-corrected chi connectivity index (χ1v) is 8.90. The van der Waals surface area contributed by atoms with Gasteiger partial charge in [-0.05, 0) is 55.3 Å². The van der Waals surface area contributed by atoms with Crippen molar-refractivity contribution in [1.29, 1.82) is 0 Å². The normalized spacial score (nSPS) is 10.6. The standard InChI is InChI=1S/C23H21N3O2/c1-16-6-5-8-18(14-16)15-24-26-22(27)19-10-12-20(13-11-19)25-23(28)21-9-4-3-7-17(21)2/h3-15H,1-2H3,(H,25,28)(H,26,27). The summed E-state index contributed by atoms with van der Waals surface area (Å²) in [7, 11) is 0. The van der Waals surface area contributed by atoms with E-state index in [4.69, 9.17) is 0 Å². The van der Waals surface area contributed by atoms with Crippen LogP contribution in [-0.4, -0.2) is 18.0 Å². The highest BCUT2D eigenvalue weighted by atomic mass is 16.2. The summed E-state index contributed by atoms with van der Waals surface area (Å²) in [5.74, 6) is -0.501. The van der Waals surface area contributed by atoms with Gasteiger partial charge >= 0.3 is 0 Å². The summed E-state index contributed by atoms with van der Waals surface area (Å²) in [5, 5.41) is 6.82. The van der Waals surface area contributed by atoms with Crippen molar-refractivity contribution in [1.82, 2.24) is 5.43 Å². The number of hydrogen-bond acceptors (Lipinski definition) is 3. The molecule has 0 bridgehead atoms. The highest BCUT2D eigenvalue weighted by molar-refractivity contribution is 6.05. The monoisotopic (exact) mass is 371 g/mol. The van der Waals surface area contributed by atoms with E-state index >= 15 is 0 Å². The Balaban J connectivity index is 1.60. The van der Waals surface area contributed by atoms with E-state index < -0.39 is 0 Å². The fourth-order valence-electron chi connectivity index (χ4n) is 2.71. The van der Waals surface area contributed by atoms with Gasteiger partial charge in [-0.3, -0.25) is 9.59 Å². The minimum atomic E-state index is -0.319. The van der Waals surface area contributed by atoms with E-state index in [9.17, 15) is 9.59 Å². The first kappa shape index (κ1) is 19.0. The number of hydrazone groups is 1. The second-order valence-electron chi connectivity index (χ2n) is 6.46. The highest BCUT2D eigenvalue weighted by Gasteiger charge is 2.09. The van der Waals surface area contributed by atoms with E-state index in [1.165, 1.54) is 0 Å². The fourth-order valence-corrected chi connectivity index (χ4v) is 2.71. The van der Waals surface area contributed by atoms with Crippen LogP contribution in [0.2, 0.25) is 0 Å². The first-order chi connectivity index (χ1) is 13.5. The fraction of sp³-hybridized carbons (Fsp3) is 0.0870. The molecule has 5 nitrogen and oxygen atoms in total. The maximum atomic E-state index is 12.3. The molecule has 0 aliphatic carbocycles. The molecular weight excluding hydrogens is 350 g/mol. The predicted molar refractivity (Wildman–Crippen MR) is 112 cm³/mol. The van der Waals surface area contributed by atoms with Crippen LogP contribution in [0.5, 0.6) is 0 Å². The molecule has 0 aliphatic rings. The van der Waals surface area contributed by atoms with Crippen LogP contribution in [0.3, 0.4) is 0 Å². The number of aryl methyl sites for hydroxylation is 2. The first-order valence-electron chi connectivity index (χ1n) is 8.90. The van der Waals surface area contributed by atoms with Gasteiger partial charge in [0, 0.05) is 16.8 Å². The Morgan fingerprint density at radius 1 is 0.857 bits per heavy atom. The van der Waals surface area contributed by atoms with Crippen LogP contribution < -0.4 is 10.7 Å². The van der Waals surface area contributed by atoms with Gasteiger partial charge in [0.05, 0.1) is 6.21 Å². The number of hydrogen-bond donors (Lipinski definition) is 2. The number of anilines is 1. The van der Waals surface area contributed by atoms with Crippen molar-refractivity contribution in [2.45, 2.75) is 13.8 Å². The highest BCUT2D eigenvalue weighted by Crippen LogP contribution is 2.13. The van der Waals surface area contributed by atoms with Gasteiger partial charge in [-0.15, -0.1) is 0 Å². The zero-order valence-corrected chi connectivity index (χ0v) is 15.8. The van der Waals surface area contributed by atoms with E-state index in [1.54, 1.807) is 36.5 Å². The molecule has 0 aliphatic heterocycles. The molecule has 140 valence electrons. The molecule has 0 heterocycles. The second-order valence-corrected chi connectivity index (χ2v) is 6.46. The number of rotatable bonds is 5. The van der Waals surface area contributed by atoms with Crippen molar-refractivity contribution < 1.29 is 9.59 Å².